The van der Waals surface area contributed by atoms with E-state index in [1.807, 2.05) is 29.2 Å². The maximum atomic E-state index is 13.3. The Kier molecular flexibility index (Phi) is 10.1. The third kappa shape index (κ3) is 6.60. The van der Waals surface area contributed by atoms with Gasteiger partial charge in [0, 0.05) is 32.3 Å². The van der Waals surface area contributed by atoms with E-state index in [4.69, 9.17) is 5.11 Å². The Morgan fingerprint density at radius 2 is 1.85 bits per heavy atom. The van der Waals surface area contributed by atoms with Crippen LogP contribution in [0.15, 0.2) is 30.3 Å². The molecule has 2 N–H and O–H groups in total. The van der Waals surface area contributed by atoms with E-state index in [0.717, 1.165) is 49.7 Å². The van der Waals surface area contributed by atoms with E-state index < -0.39 is 17.6 Å². The Balaban J connectivity index is 0.00000408. The summed E-state index contributed by atoms with van der Waals surface area (Å²) in [5, 5.41) is 11.8. The first-order chi connectivity index (χ1) is 15.7. The lowest BCUT2D eigenvalue weighted by atomic mass is 9.80. The standard InChI is InChI=1S/C26H37N3O4.ClH/c1-4-5-14-29-24(32)22(17-19(2)3)27-25(33)26(29)12-15-28(16-13-26)18-21-8-6-20(7-9-21)10-11-23(30)31;/h6-11,19,22H,4-5,12-18H2,1-3H3,(H,27,33)(H,30,31);1H/b11-10+;/t22-;/m0./s1. The van der Waals surface area contributed by atoms with Crippen LogP contribution < -0.4 is 5.32 Å². The van der Waals surface area contributed by atoms with Gasteiger partial charge in [0.15, 0.2) is 0 Å². The molecule has 1 aromatic carbocycles. The van der Waals surface area contributed by atoms with Crippen LogP contribution >= 0.6 is 12.4 Å². The van der Waals surface area contributed by atoms with Crippen LogP contribution in [0.25, 0.3) is 6.08 Å². The van der Waals surface area contributed by atoms with E-state index >= 15 is 0 Å². The number of aliphatic carboxylic acids is 1. The van der Waals surface area contributed by atoms with Crippen LogP contribution in [0.4, 0.5) is 0 Å². The van der Waals surface area contributed by atoms with Crippen LogP contribution in [0, 0.1) is 5.92 Å². The van der Waals surface area contributed by atoms with Gasteiger partial charge >= 0.3 is 5.97 Å². The van der Waals surface area contributed by atoms with Gasteiger partial charge in [-0.05, 0) is 48.8 Å². The summed E-state index contributed by atoms with van der Waals surface area (Å²) >= 11 is 0. The molecule has 1 aromatic rings. The summed E-state index contributed by atoms with van der Waals surface area (Å²) in [6.45, 7) is 9.17. The molecule has 8 heteroatoms. The summed E-state index contributed by atoms with van der Waals surface area (Å²) in [6, 6.07) is 7.43. The molecule has 2 amide bonds. The summed E-state index contributed by atoms with van der Waals surface area (Å²) in [5.74, 6) is -0.530. The van der Waals surface area contributed by atoms with Gasteiger partial charge in [-0.1, -0.05) is 51.5 Å². The predicted molar refractivity (Wildman–Crippen MR) is 136 cm³/mol. The van der Waals surface area contributed by atoms with Crippen LogP contribution in [0.1, 0.15) is 64.0 Å². The molecule has 34 heavy (non-hydrogen) atoms. The minimum absolute atomic E-state index is 0. The highest BCUT2D eigenvalue weighted by molar-refractivity contribution is 6.00. The van der Waals surface area contributed by atoms with Gasteiger partial charge < -0.3 is 15.3 Å². The Bertz CT molecular complexity index is 877. The summed E-state index contributed by atoms with van der Waals surface area (Å²) in [5.41, 5.74) is 1.25. The first kappa shape index (κ1) is 27.9. The van der Waals surface area contributed by atoms with Crippen molar-refractivity contribution in [3.8, 4) is 0 Å². The predicted octanol–water partition coefficient (Wildman–Crippen LogP) is 3.71. The number of rotatable bonds is 9. The van der Waals surface area contributed by atoms with E-state index in [-0.39, 0.29) is 24.2 Å². The van der Waals surface area contributed by atoms with E-state index in [0.29, 0.717) is 31.7 Å². The van der Waals surface area contributed by atoms with Crippen molar-refractivity contribution in [2.24, 2.45) is 5.92 Å². The van der Waals surface area contributed by atoms with Crippen molar-refractivity contribution < 1.29 is 19.5 Å². The monoisotopic (exact) mass is 491 g/mol. The number of benzene rings is 1. The number of amides is 2. The number of hydrogen-bond acceptors (Lipinski definition) is 4. The maximum absolute atomic E-state index is 13.3. The van der Waals surface area contributed by atoms with Crippen molar-refractivity contribution in [1.29, 1.82) is 0 Å². The highest BCUT2D eigenvalue weighted by Crippen LogP contribution is 2.34. The van der Waals surface area contributed by atoms with E-state index in [9.17, 15) is 14.4 Å². The fourth-order valence-electron chi connectivity index (χ4n) is 4.89. The minimum atomic E-state index is -0.963. The largest absolute Gasteiger partial charge is 0.478 e. The zero-order valence-corrected chi connectivity index (χ0v) is 21.3. The first-order valence-electron chi connectivity index (χ1n) is 12.1. The number of carboxylic acid groups (broad SMARTS) is 1. The number of carbonyl (C=O) groups is 3. The van der Waals surface area contributed by atoms with Gasteiger partial charge in [-0.15, -0.1) is 12.4 Å². The zero-order chi connectivity index (χ0) is 24.0. The number of likely N-dealkylation sites (tertiary alicyclic amines) is 1. The van der Waals surface area contributed by atoms with E-state index in [2.05, 4.69) is 31.0 Å². The highest BCUT2D eigenvalue weighted by atomic mass is 35.5. The summed E-state index contributed by atoms with van der Waals surface area (Å²) < 4.78 is 0. The molecular formula is C26H38ClN3O4. The molecule has 2 aliphatic heterocycles. The fraction of sp³-hybridized carbons (Fsp3) is 0.577. The third-order valence-electron chi connectivity index (χ3n) is 6.74. The van der Waals surface area contributed by atoms with Crippen molar-refractivity contribution in [3.05, 3.63) is 41.5 Å². The molecule has 0 aliphatic carbocycles. The highest BCUT2D eigenvalue weighted by Gasteiger charge is 2.53. The van der Waals surface area contributed by atoms with Gasteiger partial charge in [-0.2, -0.15) is 0 Å². The molecule has 1 spiro atoms. The minimum Gasteiger partial charge on any atom is -0.478 e. The lowest BCUT2D eigenvalue weighted by Gasteiger charge is -2.52. The zero-order valence-electron chi connectivity index (χ0n) is 20.5. The summed E-state index contributed by atoms with van der Waals surface area (Å²) in [4.78, 5) is 41.6. The normalized spacial score (nSPS) is 20.6. The molecule has 2 fully saturated rings. The third-order valence-corrected chi connectivity index (χ3v) is 6.74. The molecule has 0 aromatic heterocycles. The Morgan fingerprint density at radius 1 is 1.21 bits per heavy atom. The molecular weight excluding hydrogens is 454 g/mol. The Labute approximate surface area is 209 Å². The van der Waals surface area contributed by atoms with Crippen molar-refractivity contribution in [1.82, 2.24) is 15.1 Å². The van der Waals surface area contributed by atoms with Crippen LogP contribution in [0.3, 0.4) is 0 Å². The molecule has 2 aliphatic rings. The van der Waals surface area contributed by atoms with Gasteiger partial charge in [-0.3, -0.25) is 14.5 Å². The molecule has 188 valence electrons. The quantitative estimate of drug-likeness (QED) is 0.514. The Morgan fingerprint density at radius 3 is 2.41 bits per heavy atom. The first-order valence-corrected chi connectivity index (χ1v) is 12.1. The number of unbranched alkanes of at least 4 members (excludes halogenated alkanes) is 1. The topological polar surface area (TPSA) is 90.0 Å². The second-order valence-electron chi connectivity index (χ2n) is 9.72. The number of carbonyl (C=O) groups excluding carboxylic acids is 2. The molecule has 2 heterocycles. The molecule has 3 rings (SSSR count). The number of piperidine rings is 1. The number of piperazine rings is 1. The number of carboxylic acids is 1. The van der Waals surface area contributed by atoms with Gasteiger partial charge in [0.05, 0.1) is 0 Å². The van der Waals surface area contributed by atoms with E-state index in [1.54, 1.807) is 6.08 Å². The number of hydrogen-bond donors (Lipinski definition) is 2. The number of nitrogens with one attached hydrogen (secondary N) is 1. The number of nitrogens with zero attached hydrogens (tertiary/aromatic N) is 2. The lowest BCUT2D eigenvalue weighted by Crippen LogP contribution is -2.73. The second kappa shape index (κ2) is 12.4. The van der Waals surface area contributed by atoms with Crippen LogP contribution in [0.2, 0.25) is 0 Å². The van der Waals surface area contributed by atoms with Crippen molar-refractivity contribution in [2.75, 3.05) is 19.6 Å². The maximum Gasteiger partial charge on any atom is 0.328 e. The second-order valence-corrected chi connectivity index (χ2v) is 9.72. The van der Waals surface area contributed by atoms with Crippen molar-refractivity contribution in [3.63, 3.8) is 0 Å². The van der Waals surface area contributed by atoms with Crippen LogP contribution in [0.5, 0.6) is 0 Å². The van der Waals surface area contributed by atoms with Crippen molar-refractivity contribution >= 4 is 36.3 Å². The van der Waals surface area contributed by atoms with Crippen molar-refractivity contribution in [2.45, 2.75) is 71.0 Å². The Hall–Kier alpha value is -2.38. The molecule has 2 saturated heterocycles. The van der Waals surface area contributed by atoms with E-state index in [1.165, 1.54) is 0 Å². The average molecular weight is 492 g/mol. The van der Waals surface area contributed by atoms with Crippen LogP contribution in [-0.4, -0.2) is 63.9 Å². The smallest absolute Gasteiger partial charge is 0.328 e. The van der Waals surface area contributed by atoms with Crippen LogP contribution in [-0.2, 0) is 20.9 Å². The van der Waals surface area contributed by atoms with Gasteiger partial charge in [-0.25, -0.2) is 4.79 Å². The summed E-state index contributed by atoms with van der Waals surface area (Å²) in [6.07, 6.45) is 6.55. The molecule has 0 unspecified atom stereocenters. The van der Waals surface area contributed by atoms with Gasteiger partial charge in [0.25, 0.3) is 0 Å². The molecule has 1 atom stereocenters. The number of halogens is 1. The van der Waals surface area contributed by atoms with Gasteiger partial charge in [0.2, 0.25) is 11.8 Å². The fourth-order valence-corrected chi connectivity index (χ4v) is 4.89. The molecule has 0 radical (unpaired) electrons. The lowest BCUT2D eigenvalue weighted by molar-refractivity contribution is -0.161. The molecule has 0 bridgehead atoms. The van der Waals surface area contributed by atoms with Gasteiger partial charge in [0.1, 0.15) is 11.6 Å². The average Bonchev–Trinajstić information content (AvgIpc) is 2.78. The molecule has 7 nitrogen and oxygen atoms in total. The summed E-state index contributed by atoms with van der Waals surface area (Å²) in [7, 11) is 0. The SMILES string of the molecule is CCCCN1C(=O)[C@H](CC(C)C)NC(=O)C12CCN(Cc1ccc(/C=C/C(=O)O)cc1)CC2.Cl. The molecule has 0 saturated carbocycles.